The molecule has 0 radical (unpaired) electrons. The Balaban J connectivity index is 2.33. The van der Waals surface area contributed by atoms with Crippen molar-refractivity contribution in [3.05, 3.63) is 35.4 Å². The van der Waals surface area contributed by atoms with Gasteiger partial charge in [-0.2, -0.15) is 0 Å². The highest BCUT2D eigenvalue weighted by Gasteiger charge is 2.39. The summed E-state index contributed by atoms with van der Waals surface area (Å²) in [6, 6.07) is 7.95. The molecule has 0 aromatic heterocycles. The molecule has 0 aliphatic carbocycles. The summed E-state index contributed by atoms with van der Waals surface area (Å²) in [7, 11) is 1.71. The van der Waals surface area contributed by atoms with Gasteiger partial charge in [0.1, 0.15) is 5.92 Å². The van der Waals surface area contributed by atoms with Crippen molar-refractivity contribution in [3.63, 3.8) is 0 Å². The average molecular weight is 246 g/mol. The van der Waals surface area contributed by atoms with Gasteiger partial charge >= 0.3 is 0 Å². The molecule has 4 heteroatoms. The number of hydrogen-bond acceptors (Lipinski definition) is 2. The number of nitrogens with two attached hydrogens (primary N) is 1. The number of hydrogen-bond donors (Lipinski definition) is 1. The molecular weight excluding hydrogens is 228 g/mol. The Morgan fingerprint density at radius 2 is 1.94 bits per heavy atom. The molecule has 1 aromatic rings. The Bertz CT molecular complexity index is 467. The van der Waals surface area contributed by atoms with Crippen LogP contribution >= 0.6 is 0 Å². The minimum absolute atomic E-state index is 0.0909. The van der Waals surface area contributed by atoms with Crippen LogP contribution in [0.1, 0.15) is 23.5 Å². The minimum Gasteiger partial charge on any atom is -0.369 e. The maximum absolute atomic E-state index is 12.0. The molecule has 1 aliphatic heterocycles. The van der Waals surface area contributed by atoms with Gasteiger partial charge in [0, 0.05) is 19.5 Å². The van der Waals surface area contributed by atoms with E-state index in [1.807, 2.05) is 31.2 Å². The number of carbonyl (C=O) groups is 2. The lowest BCUT2D eigenvalue weighted by atomic mass is 9.79. The Morgan fingerprint density at radius 1 is 1.33 bits per heavy atom. The Labute approximate surface area is 107 Å². The fraction of sp³-hybridized carbons (Fsp3) is 0.429. The maximum atomic E-state index is 12.0. The molecule has 1 fully saturated rings. The first kappa shape index (κ1) is 12.6. The smallest absolute Gasteiger partial charge is 0.235 e. The molecule has 1 heterocycles. The van der Waals surface area contributed by atoms with Crippen molar-refractivity contribution in [2.24, 2.45) is 11.7 Å². The van der Waals surface area contributed by atoms with E-state index >= 15 is 0 Å². The van der Waals surface area contributed by atoms with E-state index in [2.05, 4.69) is 0 Å². The molecule has 2 N–H and O–H groups in total. The van der Waals surface area contributed by atoms with Crippen LogP contribution < -0.4 is 5.73 Å². The van der Waals surface area contributed by atoms with Gasteiger partial charge in [-0.25, -0.2) is 0 Å². The van der Waals surface area contributed by atoms with Crippen LogP contribution in [0.15, 0.2) is 24.3 Å². The van der Waals surface area contributed by atoms with Crippen molar-refractivity contribution >= 4 is 11.8 Å². The Kier molecular flexibility index (Phi) is 3.36. The molecule has 1 saturated heterocycles. The fourth-order valence-corrected chi connectivity index (χ4v) is 2.51. The summed E-state index contributed by atoms with van der Waals surface area (Å²) in [5.74, 6) is -1.52. The van der Waals surface area contributed by atoms with Gasteiger partial charge in [-0.05, 0) is 18.9 Å². The number of nitrogens with zero attached hydrogens (tertiary/aromatic N) is 1. The minimum atomic E-state index is -0.730. The first-order valence-corrected chi connectivity index (χ1v) is 6.11. The summed E-state index contributed by atoms with van der Waals surface area (Å²) >= 11 is 0. The summed E-state index contributed by atoms with van der Waals surface area (Å²) in [4.78, 5) is 25.2. The second kappa shape index (κ2) is 4.80. The summed E-state index contributed by atoms with van der Waals surface area (Å²) in [5, 5.41) is 0. The molecule has 4 nitrogen and oxygen atoms in total. The number of piperidine rings is 1. The van der Waals surface area contributed by atoms with Crippen LogP contribution in [-0.2, 0) is 9.59 Å². The van der Waals surface area contributed by atoms with Crippen molar-refractivity contribution in [3.8, 4) is 0 Å². The van der Waals surface area contributed by atoms with Gasteiger partial charge in [0.2, 0.25) is 11.8 Å². The maximum Gasteiger partial charge on any atom is 0.235 e. The van der Waals surface area contributed by atoms with E-state index < -0.39 is 11.8 Å². The second-order valence-corrected chi connectivity index (χ2v) is 4.95. The fourth-order valence-electron chi connectivity index (χ4n) is 2.51. The predicted octanol–water partition coefficient (Wildman–Crippen LogP) is 1.04. The molecular formula is C14H18N2O2. The highest BCUT2D eigenvalue weighted by Crippen LogP contribution is 2.33. The first-order valence-electron chi connectivity index (χ1n) is 6.11. The Hall–Kier alpha value is -1.84. The van der Waals surface area contributed by atoms with Crippen LogP contribution in [0.25, 0.3) is 0 Å². The van der Waals surface area contributed by atoms with Crippen molar-refractivity contribution < 1.29 is 9.59 Å². The normalized spacial score (nSPS) is 24.1. The molecule has 96 valence electrons. The van der Waals surface area contributed by atoms with Crippen molar-refractivity contribution in [2.45, 2.75) is 19.3 Å². The van der Waals surface area contributed by atoms with Crippen LogP contribution in [0.5, 0.6) is 0 Å². The van der Waals surface area contributed by atoms with E-state index in [-0.39, 0.29) is 11.8 Å². The van der Waals surface area contributed by atoms with Crippen molar-refractivity contribution in [1.82, 2.24) is 4.90 Å². The zero-order valence-electron chi connectivity index (χ0n) is 10.7. The number of likely N-dealkylation sites (tertiary alicyclic amines) is 1. The first-order chi connectivity index (χ1) is 8.50. The summed E-state index contributed by atoms with van der Waals surface area (Å²) in [6.07, 6.45) is 0.777. The highest BCUT2D eigenvalue weighted by molar-refractivity contribution is 6.01. The summed E-state index contributed by atoms with van der Waals surface area (Å²) < 4.78 is 0. The van der Waals surface area contributed by atoms with Crippen LogP contribution in [-0.4, -0.2) is 30.3 Å². The SMILES string of the molecule is Cc1ccc(C2CCN(C)C(=O)C2C(N)=O)cc1. The van der Waals surface area contributed by atoms with E-state index in [0.717, 1.165) is 17.5 Å². The number of benzene rings is 1. The van der Waals surface area contributed by atoms with E-state index in [0.29, 0.717) is 6.54 Å². The van der Waals surface area contributed by atoms with E-state index in [1.165, 1.54) is 0 Å². The lowest BCUT2D eigenvalue weighted by Gasteiger charge is -2.34. The Morgan fingerprint density at radius 3 is 2.50 bits per heavy atom. The van der Waals surface area contributed by atoms with E-state index in [1.54, 1.807) is 11.9 Å². The third kappa shape index (κ3) is 2.23. The van der Waals surface area contributed by atoms with Gasteiger partial charge in [-0.15, -0.1) is 0 Å². The number of primary amides is 1. The van der Waals surface area contributed by atoms with E-state index in [4.69, 9.17) is 5.73 Å². The third-order valence-corrected chi connectivity index (χ3v) is 3.63. The number of carbonyl (C=O) groups excluding carboxylic acids is 2. The molecule has 1 aromatic carbocycles. The lowest BCUT2D eigenvalue weighted by molar-refractivity contribution is -0.143. The molecule has 18 heavy (non-hydrogen) atoms. The van der Waals surface area contributed by atoms with Crippen LogP contribution in [0.3, 0.4) is 0 Å². The number of aryl methyl sites for hydroxylation is 1. The largest absolute Gasteiger partial charge is 0.369 e. The zero-order chi connectivity index (χ0) is 13.3. The zero-order valence-corrected chi connectivity index (χ0v) is 10.7. The second-order valence-electron chi connectivity index (χ2n) is 4.95. The van der Waals surface area contributed by atoms with Gasteiger partial charge in [0.25, 0.3) is 0 Å². The van der Waals surface area contributed by atoms with Crippen LogP contribution in [0, 0.1) is 12.8 Å². The molecule has 2 atom stereocenters. The molecule has 0 bridgehead atoms. The monoisotopic (exact) mass is 246 g/mol. The molecule has 2 rings (SSSR count). The van der Waals surface area contributed by atoms with Gasteiger partial charge in [0.05, 0.1) is 0 Å². The van der Waals surface area contributed by atoms with Gasteiger partial charge in [0.15, 0.2) is 0 Å². The van der Waals surface area contributed by atoms with Crippen molar-refractivity contribution in [2.75, 3.05) is 13.6 Å². The topological polar surface area (TPSA) is 63.4 Å². The van der Waals surface area contributed by atoms with Crippen LogP contribution in [0.4, 0.5) is 0 Å². The average Bonchev–Trinajstić information content (AvgIpc) is 2.33. The number of amides is 2. The molecule has 2 amide bonds. The van der Waals surface area contributed by atoms with Crippen molar-refractivity contribution in [1.29, 1.82) is 0 Å². The van der Waals surface area contributed by atoms with Gasteiger partial charge in [-0.1, -0.05) is 29.8 Å². The molecule has 0 saturated carbocycles. The third-order valence-electron chi connectivity index (χ3n) is 3.63. The predicted molar refractivity (Wildman–Crippen MR) is 68.9 cm³/mol. The summed E-state index contributed by atoms with van der Waals surface area (Å²) in [5.41, 5.74) is 7.57. The molecule has 2 unspecified atom stereocenters. The standard InChI is InChI=1S/C14H18N2O2/c1-9-3-5-10(6-4-9)11-7-8-16(2)14(18)12(11)13(15)17/h3-6,11-12H,7-8H2,1-2H3,(H2,15,17). The van der Waals surface area contributed by atoms with Gasteiger partial charge < -0.3 is 10.6 Å². The molecule has 1 aliphatic rings. The van der Waals surface area contributed by atoms with Crippen LogP contribution in [0.2, 0.25) is 0 Å². The number of rotatable bonds is 2. The highest BCUT2D eigenvalue weighted by atomic mass is 16.2. The van der Waals surface area contributed by atoms with Gasteiger partial charge in [-0.3, -0.25) is 9.59 Å². The quantitative estimate of drug-likeness (QED) is 0.792. The lowest BCUT2D eigenvalue weighted by Crippen LogP contribution is -2.48. The molecule has 0 spiro atoms. The summed E-state index contributed by atoms with van der Waals surface area (Å²) in [6.45, 7) is 2.68. The van der Waals surface area contributed by atoms with E-state index in [9.17, 15) is 9.59 Å².